The first-order chi connectivity index (χ1) is 6.13. The number of hydrogen-bond acceptors (Lipinski definition) is 2. The molecule has 1 aromatic carbocycles. The minimum absolute atomic E-state index is 0.366. The van der Waals surface area contributed by atoms with Crippen LogP contribution in [0.4, 0.5) is 5.69 Å². The second-order valence-corrected chi connectivity index (χ2v) is 4.77. The molecule has 0 heterocycles. The zero-order valence-electron chi connectivity index (χ0n) is 7.63. The molecule has 0 amide bonds. The van der Waals surface area contributed by atoms with Crippen LogP contribution in [0.15, 0.2) is 18.2 Å². The highest BCUT2D eigenvalue weighted by molar-refractivity contribution is 14.1. The van der Waals surface area contributed by atoms with Gasteiger partial charge in [0.05, 0.1) is 15.7 Å². The molecule has 13 heavy (non-hydrogen) atoms. The number of hydrogen-bond donors (Lipinski definition) is 1. The van der Waals surface area contributed by atoms with E-state index in [0.717, 1.165) is 5.69 Å². The molecule has 0 aromatic heterocycles. The van der Waals surface area contributed by atoms with Gasteiger partial charge in [-0.25, -0.2) is 0 Å². The first kappa shape index (κ1) is 10.3. The lowest BCUT2D eigenvalue weighted by Crippen LogP contribution is -2.07. The van der Waals surface area contributed by atoms with E-state index in [0.29, 0.717) is 9.61 Å². The van der Waals surface area contributed by atoms with Crippen LogP contribution in [0.5, 0.6) is 0 Å². The average Bonchev–Trinajstić information content (AvgIpc) is 2.08. The Balaban J connectivity index is 2.99. The summed E-state index contributed by atoms with van der Waals surface area (Å²) in [5, 5.41) is 12.0. The van der Waals surface area contributed by atoms with Crippen molar-refractivity contribution in [3.8, 4) is 6.07 Å². The van der Waals surface area contributed by atoms with Crippen LogP contribution in [0.1, 0.15) is 18.1 Å². The van der Waals surface area contributed by atoms with Gasteiger partial charge in [-0.15, -0.1) is 0 Å². The highest BCUT2D eigenvalue weighted by Gasteiger charge is 2.01. The maximum atomic E-state index is 8.71. The number of alkyl halides is 1. The maximum Gasteiger partial charge on any atom is 0.0992 e. The maximum absolute atomic E-state index is 8.71. The van der Waals surface area contributed by atoms with Crippen LogP contribution in [0.2, 0.25) is 0 Å². The van der Waals surface area contributed by atoms with Crippen molar-refractivity contribution in [2.45, 2.75) is 17.9 Å². The molecule has 0 aliphatic carbocycles. The Hall–Kier alpha value is -0.760. The Kier molecular flexibility index (Phi) is 3.55. The Morgan fingerprint density at radius 1 is 1.54 bits per heavy atom. The summed E-state index contributed by atoms with van der Waals surface area (Å²) in [5.41, 5.74) is 2.91. The van der Waals surface area contributed by atoms with E-state index in [1.807, 2.05) is 25.1 Å². The molecule has 0 radical (unpaired) electrons. The van der Waals surface area contributed by atoms with Crippen LogP contribution in [0, 0.1) is 18.3 Å². The third-order valence-corrected chi connectivity index (χ3v) is 2.03. The number of rotatable bonds is 2. The first-order valence-electron chi connectivity index (χ1n) is 4.05. The van der Waals surface area contributed by atoms with Crippen molar-refractivity contribution in [3.63, 3.8) is 0 Å². The summed E-state index contributed by atoms with van der Waals surface area (Å²) < 4.78 is 0.366. The largest absolute Gasteiger partial charge is 0.373 e. The summed E-state index contributed by atoms with van der Waals surface area (Å²) in [4.78, 5) is 0. The number of benzene rings is 1. The van der Waals surface area contributed by atoms with Gasteiger partial charge in [0.2, 0.25) is 0 Å². The number of nitrogens with zero attached hydrogens (tertiary/aromatic N) is 1. The van der Waals surface area contributed by atoms with Crippen LogP contribution in [-0.2, 0) is 0 Å². The fraction of sp³-hybridized carbons (Fsp3) is 0.300. The molecular formula is C10H11IN2. The molecule has 0 spiro atoms. The highest BCUT2D eigenvalue weighted by atomic mass is 127. The lowest BCUT2D eigenvalue weighted by molar-refractivity contribution is 1.16. The van der Waals surface area contributed by atoms with Crippen LogP contribution in [0.3, 0.4) is 0 Å². The van der Waals surface area contributed by atoms with Crippen molar-refractivity contribution >= 4 is 28.3 Å². The fourth-order valence-electron chi connectivity index (χ4n) is 1.06. The van der Waals surface area contributed by atoms with Crippen molar-refractivity contribution < 1.29 is 0 Å². The zero-order valence-corrected chi connectivity index (χ0v) is 9.79. The van der Waals surface area contributed by atoms with E-state index < -0.39 is 0 Å². The predicted octanol–water partition coefficient (Wildman–Crippen LogP) is 3.06. The summed E-state index contributed by atoms with van der Waals surface area (Å²) in [5.74, 6) is 0. The number of anilines is 1. The molecule has 2 nitrogen and oxygen atoms in total. The van der Waals surface area contributed by atoms with Gasteiger partial charge in [-0.05, 0) is 31.5 Å². The number of halogens is 1. The molecule has 0 saturated heterocycles. The van der Waals surface area contributed by atoms with Gasteiger partial charge in [0.15, 0.2) is 0 Å². The summed E-state index contributed by atoms with van der Waals surface area (Å²) >= 11 is 2.29. The van der Waals surface area contributed by atoms with E-state index in [1.54, 1.807) is 0 Å². The topological polar surface area (TPSA) is 35.8 Å². The van der Waals surface area contributed by atoms with Gasteiger partial charge in [0, 0.05) is 5.69 Å². The SMILES string of the molecule is Cc1ccc(C#N)cc1N[C@H](C)I. The molecule has 3 heteroatoms. The molecular weight excluding hydrogens is 275 g/mol. The molecule has 0 aliphatic heterocycles. The van der Waals surface area contributed by atoms with E-state index in [1.165, 1.54) is 5.56 Å². The minimum Gasteiger partial charge on any atom is -0.373 e. The van der Waals surface area contributed by atoms with Crippen molar-refractivity contribution in [1.29, 1.82) is 5.26 Å². The molecule has 0 bridgehead atoms. The van der Waals surface area contributed by atoms with Crippen LogP contribution >= 0.6 is 22.6 Å². The van der Waals surface area contributed by atoms with Gasteiger partial charge >= 0.3 is 0 Å². The molecule has 0 aliphatic rings. The predicted molar refractivity (Wildman–Crippen MR) is 63.0 cm³/mol. The van der Waals surface area contributed by atoms with E-state index in [4.69, 9.17) is 5.26 Å². The van der Waals surface area contributed by atoms with E-state index in [2.05, 4.69) is 40.9 Å². The van der Waals surface area contributed by atoms with Crippen LogP contribution < -0.4 is 5.32 Å². The second-order valence-electron chi connectivity index (χ2n) is 2.90. The number of nitrogens with one attached hydrogen (secondary N) is 1. The Bertz CT molecular complexity index is 339. The van der Waals surface area contributed by atoms with E-state index in [9.17, 15) is 0 Å². The van der Waals surface area contributed by atoms with Crippen molar-refractivity contribution in [2.75, 3.05) is 5.32 Å². The molecule has 68 valence electrons. The normalized spacial score (nSPS) is 11.8. The molecule has 0 saturated carbocycles. The number of nitriles is 1. The summed E-state index contributed by atoms with van der Waals surface area (Å²) in [7, 11) is 0. The van der Waals surface area contributed by atoms with E-state index >= 15 is 0 Å². The molecule has 1 aromatic rings. The standard InChI is InChI=1S/C10H11IN2/c1-7-3-4-9(6-12)5-10(7)13-8(2)11/h3-5,8,13H,1-2H3/t8-/m1/s1. The molecule has 0 fully saturated rings. The lowest BCUT2D eigenvalue weighted by atomic mass is 10.1. The van der Waals surface area contributed by atoms with Crippen molar-refractivity contribution in [2.24, 2.45) is 0 Å². The van der Waals surface area contributed by atoms with Crippen molar-refractivity contribution in [1.82, 2.24) is 0 Å². The quantitative estimate of drug-likeness (QED) is 0.515. The third-order valence-electron chi connectivity index (χ3n) is 1.72. The van der Waals surface area contributed by atoms with Crippen LogP contribution in [-0.4, -0.2) is 4.05 Å². The van der Waals surface area contributed by atoms with Gasteiger partial charge in [0.1, 0.15) is 0 Å². The average molecular weight is 286 g/mol. The van der Waals surface area contributed by atoms with Gasteiger partial charge < -0.3 is 5.32 Å². The fourth-order valence-corrected chi connectivity index (χ4v) is 1.40. The molecule has 0 unspecified atom stereocenters. The first-order valence-corrected chi connectivity index (χ1v) is 5.29. The smallest absolute Gasteiger partial charge is 0.0992 e. The Labute approximate surface area is 92.1 Å². The summed E-state index contributed by atoms with van der Waals surface area (Å²) in [6.07, 6.45) is 0. The Morgan fingerprint density at radius 3 is 2.77 bits per heavy atom. The van der Waals surface area contributed by atoms with Crippen LogP contribution in [0.25, 0.3) is 0 Å². The lowest BCUT2D eigenvalue weighted by Gasteiger charge is -2.11. The second kappa shape index (κ2) is 4.47. The van der Waals surface area contributed by atoms with Gasteiger partial charge in [0.25, 0.3) is 0 Å². The summed E-state index contributed by atoms with van der Waals surface area (Å²) in [6, 6.07) is 7.79. The monoisotopic (exact) mass is 286 g/mol. The molecule has 1 rings (SSSR count). The third kappa shape index (κ3) is 2.88. The Morgan fingerprint density at radius 2 is 2.23 bits per heavy atom. The molecule has 1 atom stereocenters. The highest BCUT2D eigenvalue weighted by Crippen LogP contribution is 2.18. The van der Waals surface area contributed by atoms with Gasteiger partial charge in [-0.2, -0.15) is 5.26 Å². The minimum atomic E-state index is 0.366. The van der Waals surface area contributed by atoms with E-state index in [-0.39, 0.29) is 0 Å². The molecule has 1 N–H and O–H groups in total. The van der Waals surface area contributed by atoms with Gasteiger partial charge in [-0.1, -0.05) is 28.7 Å². The number of aryl methyl sites for hydroxylation is 1. The zero-order chi connectivity index (χ0) is 9.84. The summed E-state index contributed by atoms with van der Waals surface area (Å²) in [6.45, 7) is 4.10. The van der Waals surface area contributed by atoms with Gasteiger partial charge in [-0.3, -0.25) is 0 Å². The van der Waals surface area contributed by atoms with Crippen molar-refractivity contribution in [3.05, 3.63) is 29.3 Å².